The van der Waals surface area contributed by atoms with Crippen LogP contribution in [-0.4, -0.2) is 42.5 Å². The fraction of sp³-hybridized carbons (Fsp3) is 0.632. The van der Waals surface area contributed by atoms with Gasteiger partial charge in [0.15, 0.2) is 11.5 Å². The summed E-state index contributed by atoms with van der Waals surface area (Å²) in [6.07, 6.45) is 2.51. The highest BCUT2D eigenvalue weighted by Gasteiger charge is 2.47. The van der Waals surface area contributed by atoms with Crippen LogP contribution in [0.1, 0.15) is 45.2 Å². The van der Waals surface area contributed by atoms with E-state index < -0.39 is 0 Å². The van der Waals surface area contributed by atoms with Gasteiger partial charge in [-0.25, -0.2) is 0 Å². The van der Waals surface area contributed by atoms with Gasteiger partial charge < -0.3 is 14.9 Å². The number of nitrogens with zero attached hydrogens (tertiary/aromatic N) is 2. The van der Waals surface area contributed by atoms with Crippen molar-refractivity contribution in [2.24, 2.45) is 11.0 Å². The lowest BCUT2D eigenvalue weighted by Gasteiger charge is -2.45. The monoisotopic (exact) mass is 363 g/mol. The van der Waals surface area contributed by atoms with Crippen molar-refractivity contribution < 1.29 is 9.47 Å². The van der Waals surface area contributed by atoms with Gasteiger partial charge in [0.1, 0.15) is 0 Å². The maximum atomic E-state index is 6.56. The summed E-state index contributed by atoms with van der Waals surface area (Å²) < 4.78 is 11.7. The van der Waals surface area contributed by atoms with Crippen LogP contribution < -0.4 is 14.9 Å². The largest absolute Gasteiger partial charge is 0.490 e. The van der Waals surface area contributed by atoms with E-state index in [1.165, 1.54) is 18.6 Å². The van der Waals surface area contributed by atoms with E-state index in [2.05, 4.69) is 21.5 Å². The lowest BCUT2D eigenvalue weighted by molar-refractivity contribution is 0.133. The maximum Gasteiger partial charge on any atom is 0.180 e. The SMILES string of the molecule is CCOc1cc(C2NN=C3C4CCN(CC4)C32)cc(Cl)c1OC(C)C. The quantitative estimate of drug-likeness (QED) is 0.867. The van der Waals surface area contributed by atoms with Crippen molar-refractivity contribution in [1.82, 2.24) is 10.3 Å². The minimum absolute atomic E-state index is 0.0438. The van der Waals surface area contributed by atoms with E-state index in [-0.39, 0.29) is 12.1 Å². The summed E-state index contributed by atoms with van der Waals surface area (Å²) in [5.74, 6) is 1.98. The molecule has 2 unspecified atom stereocenters. The van der Waals surface area contributed by atoms with Gasteiger partial charge in [-0.15, -0.1) is 0 Å². The van der Waals surface area contributed by atoms with E-state index in [0.29, 0.717) is 35.1 Å². The molecule has 0 aromatic heterocycles. The summed E-state index contributed by atoms with van der Waals surface area (Å²) in [6, 6.07) is 4.53. The van der Waals surface area contributed by atoms with Crippen LogP contribution in [0.5, 0.6) is 11.5 Å². The first-order chi connectivity index (χ1) is 12.1. The fourth-order valence-electron chi connectivity index (χ4n) is 4.29. The minimum Gasteiger partial charge on any atom is -0.490 e. The lowest BCUT2D eigenvalue weighted by atomic mass is 9.78. The van der Waals surface area contributed by atoms with Gasteiger partial charge in [0.25, 0.3) is 0 Å². The van der Waals surface area contributed by atoms with Crippen LogP contribution in [0.3, 0.4) is 0 Å². The molecule has 0 spiro atoms. The highest BCUT2D eigenvalue weighted by molar-refractivity contribution is 6.32. The average molecular weight is 364 g/mol. The summed E-state index contributed by atoms with van der Waals surface area (Å²) >= 11 is 6.56. The number of rotatable bonds is 5. The predicted octanol–water partition coefficient (Wildman–Crippen LogP) is 3.62. The number of hydrogen-bond donors (Lipinski definition) is 1. The lowest BCUT2D eigenvalue weighted by Crippen LogP contribution is -2.56. The Hall–Kier alpha value is -1.46. The molecule has 0 amide bonds. The smallest absolute Gasteiger partial charge is 0.180 e. The molecule has 2 bridgehead atoms. The van der Waals surface area contributed by atoms with Crippen LogP contribution in [0, 0.1) is 5.92 Å². The van der Waals surface area contributed by atoms with Gasteiger partial charge in [-0.1, -0.05) is 11.6 Å². The molecule has 3 saturated heterocycles. The number of hydrazone groups is 1. The Labute approximate surface area is 154 Å². The summed E-state index contributed by atoms with van der Waals surface area (Å²) in [5.41, 5.74) is 5.79. The molecule has 1 aromatic carbocycles. The Morgan fingerprint density at radius 3 is 2.76 bits per heavy atom. The molecular formula is C19H26ClN3O2. The third-order valence-electron chi connectivity index (χ3n) is 5.34. The Balaban J connectivity index is 1.67. The molecule has 5 rings (SSSR count). The topological polar surface area (TPSA) is 46.1 Å². The molecule has 2 atom stereocenters. The number of nitrogens with one attached hydrogen (secondary N) is 1. The Morgan fingerprint density at radius 2 is 2.08 bits per heavy atom. The molecule has 1 aromatic rings. The number of benzene rings is 1. The maximum absolute atomic E-state index is 6.56. The Kier molecular flexibility index (Phi) is 4.54. The molecule has 1 N–H and O–H groups in total. The minimum atomic E-state index is 0.0438. The molecule has 0 radical (unpaired) electrons. The van der Waals surface area contributed by atoms with Gasteiger partial charge in [0.05, 0.1) is 35.5 Å². The molecule has 4 aliphatic rings. The molecule has 136 valence electrons. The second kappa shape index (κ2) is 6.69. The van der Waals surface area contributed by atoms with Crippen LogP contribution in [0.15, 0.2) is 17.2 Å². The standard InChI is InChI=1S/C19H26ClN3O2/c1-4-24-15-10-13(9-14(20)19(15)25-11(2)3)17-18-16(21-22-17)12-5-7-23(18)8-6-12/h9-12,17-18,22H,4-8H2,1-3H3. The van der Waals surface area contributed by atoms with Crippen molar-refractivity contribution in [2.45, 2.75) is 51.8 Å². The summed E-state index contributed by atoms with van der Waals surface area (Å²) in [6.45, 7) is 8.85. The number of halogens is 1. The van der Waals surface area contributed by atoms with Crippen molar-refractivity contribution in [3.8, 4) is 11.5 Å². The third-order valence-corrected chi connectivity index (χ3v) is 5.62. The van der Waals surface area contributed by atoms with Crippen LogP contribution >= 0.6 is 11.6 Å². The van der Waals surface area contributed by atoms with E-state index in [4.69, 9.17) is 21.1 Å². The number of fused-ring (bicyclic) bond motifs is 2. The van der Waals surface area contributed by atoms with Gasteiger partial charge >= 0.3 is 0 Å². The van der Waals surface area contributed by atoms with Crippen LogP contribution in [0.2, 0.25) is 5.02 Å². The summed E-state index contributed by atoms with van der Waals surface area (Å²) in [7, 11) is 0. The molecule has 5 nitrogen and oxygen atoms in total. The Morgan fingerprint density at radius 1 is 1.32 bits per heavy atom. The van der Waals surface area contributed by atoms with E-state index in [1.54, 1.807) is 0 Å². The zero-order chi connectivity index (χ0) is 17.6. The molecule has 0 saturated carbocycles. The van der Waals surface area contributed by atoms with Crippen LogP contribution in [0.25, 0.3) is 0 Å². The van der Waals surface area contributed by atoms with Crippen LogP contribution in [-0.2, 0) is 0 Å². The first-order valence-electron chi connectivity index (χ1n) is 9.28. The number of piperidine rings is 3. The normalized spacial score (nSPS) is 30.0. The first kappa shape index (κ1) is 17.0. The molecule has 4 heterocycles. The van der Waals surface area contributed by atoms with Gasteiger partial charge in [-0.05, 0) is 64.4 Å². The molecule has 25 heavy (non-hydrogen) atoms. The second-order valence-electron chi connectivity index (χ2n) is 7.33. The van der Waals surface area contributed by atoms with Gasteiger partial charge in [0, 0.05) is 5.92 Å². The van der Waals surface area contributed by atoms with Gasteiger partial charge in [-0.2, -0.15) is 5.10 Å². The summed E-state index contributed by atoms with van der Waals surface area (Å²) in [5, 5.41) is 5.28. The second-order valence-corrected chi connectivity index (χ2v) is 7.74. The predicted molar refractivity (Wildman–Crippen MR) is 99.8 cm³/mol. The highest BCUT2D eigenvalue weighted by atomic mass is 35.5. The van der Waals surface area contributed by atoms with E-state index in [9.17, 15) is 0 Å². The van der Waals surface area contributed by atoms with E-state index in [0.717, 1.165) is 18.7 Å². The number of hydrogen-bond acceptors (Lipinski definition) is 5. The molecule has 4 aliphatic heterocycles. The molecule has 0 aliphatic carbocycles. The molecular weight excluding hydrogens is 338 g/mol. The van der Waals surface area contributed by atoms with Crippen molar-refractivity contribution in [1.29, 1.82) is 0 Å². The summed E-state index contributed by atoms with van der Waals surface area (Å²) in [4.78, 5) is 2.55. The van der Waals surface area contributed by atoms with Crippen molar-refractivity contribution in [3.63, 3.8) is 0 Å². The van der Waals surface area contributed by atoms with Crippen molar-refractivity contribution >= 4 is 17.3 Å². The van der Waals surface area contributed by atoms with Crippen molar-refractivity contribution in [2.75, 3.05) is 19.7 Å². The molecule has 3 fully saturated rings. The highest BCUT2D eigenvalue weighted by Crippen LogP contribution is 2.43. The first-order valence-corrected chi connectivity index (χ1v) is 9.66. The van der Waals surface area contributed by atoms with Crippen LogP contribution in [0.4, 0.5) is 0 Å². The van der Waals surface area contributed by atoms with Gasteiger partial charge in [0.2, 0.25) is 0 Å². The van der Waals surface area contributed by atoms with Crippen molar-refractivity contribution in [3.05, 3.63) is 22.7 Å². The third kappa shape index (κ3) is 2.97. The fourth-order valence-corrected chi connectivity index (χ4v) is 4.56. The Bertz CT molecular complexity index is 683. The zero-order valence-corrected chi connectivity index (χ0v) is 15.8. The average Bonchev–Trinajstić information content (AvgIpc) is 3.06. The van der Waals surface area contributed by atoms with E-state index in [1.807, 2.05) is 26.8 Å². The number of ether oxygens (including phenoxy) is 2. The van der Waals surface area contributed by atoms with Gasteiger partial charge in [-0.3, -0.25) is 4.90 Å². The zero-order valence-electron chi connectivity index (χ0n) is 15.1. The van der Waals surface area contributed by atoms with E-state index >= 15 is 0 Å². The molecule has 6 heteroatoms.